The van der Waals surface area contributed by atoms with Crippen molar-refractivity contribution in [2.45, 2.75) is 20.0 Å². The number of hydrogen-bond acceptors (Lipinski definition) is 4. The second-order valence-electron chi connectivity index (χ2n) is 3.38. The fraction of sp³-hybridized carbons (Fsp3) is 0.455. The largest absolute Gasteiger partial charge is 0.404 e. The Morgan fingerprint density at radius 3 is 2.65 bits per heavy atom. The van der Waals surface area contributed by atoms with Gasteiger partial charge in [-0.3, -0.25) is 10.4 Å². The monoisotopic (exact) mass is 302 g/mol. The molecule has 0 bridgehead atoms. The van der Waals surface area contributed by atoms with Gasteiger partial charge in [0.2, 0.25) is 0 Å². The topological polar surface area (TPSA) is 85.7 Å². The molecule has 4 N–H and O–H groups in total. The van der Waals surface area contributed by atoms with Crippen molar-refractivity contribution in [3.05, 3.63) is 23.5 Å². The van der Waals surface area contributed by atoms with Crippen molar-refractivity contribution in [1.82, 2.24) is 4.90 Å². The summed E-state index contributed by atoms with van der Waals surface area (Å²) in [5.74, 6) is 0. The average Bonchev–Trinajstić information content (AvgIpc) is 2.29. The maximum Gasteiger partial charge on any atom is 0.108 e. The van der Waals surface area contributed by atoms with Gasteiger partial charge in [-0.15, -0.1) is 0 Å². The smallest absolute Gasteiger partial charge is 0.108 e. The van der Waals surface area contributed by atoms with E-state index in [1.54, 1.807) is 24.9 Å². The van der Waals surface area contributed by atoms with Crippen LogP contribution in [0.25, 0.3) is 0 Å². The van der Waals surface area contributed by atoms with Crippen LogP contribution in [0.4, 0.5) is 0 Å². The van der Waals surface area contributed by atoms with Gasteiger partial charge in [-0.25, -0.2) is 0 Å². The van der Waals surface area contributed by atoms with Crippen LogP contribution in [0.2, 0.25) is 0 Å². The Kier molecular flexibility index (Phi) is 7.49. The van der Waals surface area contributed by atoms with Gasteiger partial charge in [-0.1, -0.05) is 0 Å². The quantitative estimate of drug-likeness (QED) is 0.513. The SMILES string of the molecule is CCN=C(Br)C(=CN)C(O)/C=C(\C)N(C)C=N. The first kappa shape index (κ1) is 15.9. The fourth-order valence-electron chi connectivity index (χ4n) is 1.06. The van der Waals surface area contributed by atoms with Crippen LogP contribution in [-0.4, -0.2) is 40.7 Å². The zero-order valence-electron chi connectivity index (χ0n) is 10.3. The number of rotatable bonds is 6. The van der Waals surface area contributed by atoms with E-state index in [0.29, 0.717) is 16.7 Å². The summed E-state index contributed by atoms with van der Waals surface area (Å²) in [5.41, 5.74) is 6.73. The lowest BCUT2D eigenvalue weighted by Crippen LogP contribution is -2.19. The van der Waals surface area contributed by atoms with Gasteiger partial charge in [0.05, 0.1) is 6.34 Å². The molecule has 0 radical (unpaired) electrons. The van der Waals surface area contributed by atoms with Gasteiger partial charge in [0.15, 0.2) is 0 Å². The summed E-state index contributed by atoms with van der Waals surface area (Å²) in [6.07, 6.45) is 3.24. The van der Waals surface area contributed by atoms with Gasteiger partial charge in [0, 0.05) is 31.1 Å². The van der Waals surface area contributed by atoms with Crippen LogP contribution in [0.3, 0.4) is 0 Å². The van der Waals surface area contributed by atoms with E-state index < -0.39 is 6.10 Å². The number of nitrogens with two attached hydrogens (primary N) is 1. The molecule has 0 saturated carbocycles. The third-order valence-corrected chi connectivity index (χ3v) is 2.89. The third-order valence-electron chi connectivity index (χ3n) is 2.18. The lowest BCUT2D eigenvalue weighted by molar-refractivity contribution is 0.262. The lowest BCUT2D eigenvalue weighted by Gasteiger charge is -2.16. The summed E-state index contributed by atoms with van der Waals surface area (Å²) >= 11 is 3.26. The van der Waals surface area contributed by atoms with Crippen molar-refractivity contribution >= 4 is 26.9 Å². The Bertz CT molecular complexity index is 349. The molecule has 5 nitrogen and oxygen atoms in total. The van der Waals surface area contributed by atoms with E-state index in [1.807, 2.05) is 6.92 Å². The molecule has 96 valence electrons. The molecule has 0 aliphatic carbocycles. The molecule has 6 heteroatoms. The van der Waals surface area contributed by atoms with Crippen LogP contribution < -0.4 is 5.73 Å². The summed E-state index contributed by atoms with van der Waals surface area (Å²) in [4.78, 5) is 5.71. The van der Waals surface area contributed by atoms with Crippen molar-refractivity contribution in [3.63, 3.8) is 0 Å². The number of aliphatic imine (C=N–C) groups is 1. The molecule has 0 aromatic heterocycles. The van der Waals surface area contributed by atoms with Gasteiger partial charge < -0.3 is 15.7 Å². The van der Waals surface area contributed by atoms with Gasteiger partial charge in [0.25, 0.3) is 0 Å². The average molecular weight is 303 g/mol. The van der Waals surface area contributed by atoms with Crippen LogP contribution in [0.5, 0.6) is 0 Å². The van der Waals surface area contributed by atoms with Crippen molar-refractivity contribution in [2.75, 3.05) is 13.6 Å². The third kappa shape index (κ3) is 5.14. The molecular formula is C11H19BrN4O. The van der Waals surface area contributed by atoms with Gasteiger partial charge in [-0.05, 0) is 35.9 Å². The van der Waals surface area contributed by atoms with Crippen molar-refractivity contribution in [3.8, 4) is 0 Å². The summed E-state index contributed by atoms with van der Waals surface area (Å²) in [6.45, 7) is 4.30. The molecule has 0 aromatic rings. The molecule has 0 aliphatic rings. The van der Waals surface area contributed by atoms with Crippen LogP contribution >= 0.6 is 15.9 Å². The first-order valence-electron chi connectivity index (χ1n) is 5.19. The Balaban J connectivity index is 4.97. The van der Waals surface area contributed by atoms with E-state index in [0.717, 1.165) is 5.70 Å². The number of nitrogens with one attached hydrogen (secondary N) is 1. The first-order valence-corrected chi connectivity index (χ1v) is 5.99. The molecule has 0 fully saturated rings. The summed E-state index contributed by atoms with van der Waals surface area (Å²) in [7, 11) is 1.73. The predicted octanol–water partition coefficient (Wildman–Crippen LogP) is 1.45. The van der Waals surface area contributed by atoms with Gasteiger partial charge >= 0.3 is 0 Å². The molecular weight excluding hydrogens is 284 g/mol. The van der Waals surface area contributed by atoms with E-state index >= 15 is 0 Å². The second kappa shape index (κ2) is 8.03. The molecule has 1 atom stereocenters. The van der Waals surface area contributed by atoms with Crippen molar-refractivity contribution in [2.24, 2.45) is 10.7 Å². The van der Waals surface area contributed by atoms with E-state index in [9.17, 15) is 5.11 Å². The predicted molar refractivity (Wildman–Crippen MR) is 75.5 cm³/mol. The van der Waals surface area contributed by atoms with Crippen LogP contribution in [0.1, 0.15) is 13.8 Å². The Labute approximate surface area is 110 Å². The highest BCUT2D eigenvalue weighted by molar-refractivity contribution is 9.18. The molecule has 0 spiro atoms. The zero-order valence-corrected chi connectivity index (χ0v) is 11.9. The second-order valence-corrected chi connectivity index (χ2v) is 4.13. The van der Waals surface area contributed by atoms with Gasteiger partial charge in [0.1, 0.15) is 10.7 Å². The summed E-state index contributed by atoms with van der Waals surface area (Å²) in [5, 5.41) is 17.1. The normalized spacial score (nSPS) is 15.7. The number of allylic oxidation sites excluding steroid dienone is 1. The minimum Gasteiger partial charge on any atom is -0.404 e. The lowest BCUT2D eigenvalue weighted by atomic mass is 10.1. The van der Waals surface area contributed by atoms with E-state index in [-0.39, 0.29) is 0 Å². The Morgan fingerprint density at radius 2 is 2.24 bits per heavy atom. The van der Waals surface area contributed by atoms with Crippen molar-refractivity contribution in [1.29, 1.82) is 5.41 Å². The number of aliphatic hydroxyl groups excluding tert-OH is 1. The number of hydrogen-bond donors (Lipinski definition) is 3. The summed E-state index contributed by atoms with van der Waals surface area (Å²) < 4.78 is 0.538. The minimum atomic E-state index is -0.855. The highest BCUT2D eigenvalue weighted by atomic mass is 79.9. The molecule has 17 heavy (non-hydrogen) atoms. The maximum absolute atomic E-state index is 9.98. The van der Waals surface area contributed by atoms with Crippen LogP contribution in [0, 0.1) is 5.41 Å². The molecule has 0 heterocycles. The van der Waals surface area contributed by atoms with Crippen LogP contribution in [-0.2, 0) is 0 Å². The van der Waals surface area contributed by atoms with Crippen molar-refractivity contribution < 1.29 is 5.11 Å². The molecule has 0 amide bonds. The highest BCUT2D eigenvalue weighted by Gasteiger charge is 2.13. The van der Waals surface area contributed by atoms with E-state index in [2.05, 4.69) is 20.9 Å². The van der Waals surface area contributed by atoms with E-state index in [1.165, 1.54) is 12.5 Å². The fourth-order valence-corrected chi connectivity index (χ4v) is 1.67. The first-order chi connectivity index (χ1) is 7.97. The standard InChI is InChI=1S/C11H19BrN4O/c1-4-15-11(12)9(6-13)10(17)5-8(2)16(3)7-14/h5-7,10,14,17H,4,13H2,1-3H3/b8-5+,9-6?,14-7?,15-11?. The molecule has 0 aromatic carbocycles. The highest BCUT2D eigenvalue weighted by Crippen LogP contribution is 2.13. The Hall–Kier alpha value is -1.14. The Morgan fingerprint density at radius 1 is 1.65 bits per heavy atom. The molecule has 0 aliphatic heterocycles. The van der Waals surface area contributed by atoms with E-state index in [4.69, 9.17) is 11.1 Å². The van der Waals surface area contributed by atoms with Crippen LogP contribution in [0.15, 0.2) is 28.5 Å². The molecule has 0 saturated heterocycles. The molecule has 1 unspecified atom stereocenters. The minimum absolute atomic E-state index is 0.504. The maximum atomic E-state index is 9.98. The number of halogens is 1. The van der Waals surface area contributed by atoms with Gasteiger partial charge in [-0.2, -0.15) is 0 Å². The number of aliphatic hydroxyl groups is 1. The summed E-state index contributed by atoms with van der Waals surface area (Å²) in [6, 6.07) is 0. The zero-order chi connectivity index (χ0) is 13.4. The number of nitrogens with zero attached hydrogens (tertiary/aromatic N) is 2. The molecule has 0 rings (SSSR count).